The highest BCUT2D eigenvalue weighted by atomic mass is 32.2. The average molecular weight is 488 g/mol. The van der Waals surface area contributed by atoms with E-state index in [9.17, 15) is 23.2 Å². The number of piperidine rings is 1. The molecule has 6 nitrogen and oxygen atoms in total. The van der Waals surface area contributed by atoms with Crippen molar-refractivity contribution in [2.45, 2.75) is 19.8 Å². The minimum absolute atomic E-state index is 0.0101. The Balaban J connectivity index is 1.33. The monoisotopic (exact) mass is 487 g/mol. The van der Waals surface area contributed by atoms with Gasteiger partial charge in [0.15, 0.2) is 0 Å². The van der Waals surface area contributed by atoms with E-state index in [0.717, 1.165) is 42.3 Å². The van der Waals surface area contributed by atoms with Crippen LogP contribution in [0.3, 0.4) is 0 Å². The summed E-state index contributed by atoms with van der Waals surface area (Å²) in [6.45, 7) is 3.98. The molecule has 4 rings (SSSR count). The number of hydrogen-bond acceptors (Lipinski definition) is 4. The molecule has 1 N–H and O–H groups in total. The Morgan fingerprint density at radius 1 is 0.912 bits per heavy atom. The van der Waals surface area contributed by atoms with Gasteiger partial charge in [-0.25, -0.2) is 8.78 Å². The predicted octanol–water partition coefficient (Wildman–Crippen LogP) is 3.95. The van der Waals surface area contributed by atoms with Crippen molar-refractivity contribution >= 4 is 35.2 Å². The number of amides is 3. The number of aryl methyl sites for hydroxylation is 1. The van der Waals surface area contributed by atoms with Crippen LogP contribution in [0.15, 0.2) is 36.4 Å². The zero-order chi connectivity index (χ0) is 24.2. The van der Waals surface area contributed by atoms with E-state index in [1.165, 1.54) is 4.90 Å². The third-order valence-corrected chi connectivity index (χ3v) is 7.29. The molecule has 2 aromatic rings. The van der Waals surface area contributed by atoms with Gasteiger partial charge in [0, 0.05) is 60.9 Å². The Morgan fingerprint density at radius 2 is 1.59 bits per heavy atom. The lowest BCUT2D eigenvalue weighted by molar-refractivity contribution is -0.121. The van der Waals surface area contributed by atoms with Crippen LogP contribution in [0.1, 0.15) is 39.1 Å². The summed E-state index contributed by atoms with van der Waals surface area (Å²) in [7, 11) is 0. The van der Waals surface area contributed by atoms with Crippen LogP contribution in [0.2, 0.25) is 0 Å². The molecule has 2 fully saturated rings. The molecule has 2 aliphatic heterocycles. The average Bonchev–Trinajstić information content (AvgIpc) is 2.85. The lowest BCUT2D eigenvalue weighted by Crippen LogP contribution is -2.41. The smallest absolute Gasteiger partial charge is 0.256 e. The van der Waals surface area contributed by atoms with E-state index in [1.54, 1.807) is 18.2 Å². The van der Waals surface area contributed by atoms with E-state index >= 15 is 0 Å². The van der Waals surface area contributed by atoms with E-state index in [1.807, 2.05) is 23.6 Å². The summed E-state index contributed by atoms with van der Waals surface area (Å²) in [5.41, 5.74) is 1.91. The fourth-order valence-electron chi connectivity index (χ4n) is 4.30. The van der Waals surface area contributed by atoms with Crippen LogP contribution >= 0.6 is 11.8 Å². The van der Waals surface area contributed by atoms with Crippen molar-refractivity contribution in [3.05, 3.63) is 64.7 Å². The second-order valence-electron chi connectivity index (χ2n) is 8.61. The number of nitrogens with one attached hydrogen (secondary N) is 1. The Hall–Kier alpha value is -2.94. The summed E-state index contributed by atoms with van der Waals surface area (Å²) in [6.07, 6.45) is 0.895. The molecule has 2 heterocycles. The van der Waals surface area contributed by atoms with Gasteiger partial charge in [-0.15, -0.1) is 0 Å². The Labute approximate surface area is 201 Å². The topological polar surface area (TPSA) is 69.7 Å². The Bertz CT molecular complexity index is 1100. The van der Waals surface area contributed by atoms with Gasteiger partial charge in [0.1, 0.15) is 11.6 Å². The maximum atomic E-state index is 13.9. The molecule has 2 aromatic carbocycles. The summed E-state index contributed by atoms with van der Waals surface area (Å²) >= 11 is 1.85. The number of carbonyl (C=O) groups is 3. The number of hydrogen-bond donors (Lipinski definition) is 1. The molecule has 0 aromatic heterocycles. The molecule has 0 spiro atoms. The summed E-state index contributed by atoms with van der Waals surface area (Å²) in [5, 5.41) is 2.94. The third kappa shape index (κ3) is 5.41. The van der Waals surface area contributed by atoms with Gasteiger partial charge in [0.25, 0.3) is 11.8 Å². The van der Waals surface area contributed by atoms with Crippen LogP contribution in [0.4, 0.5) is 14.5 Å². The van der Waals surface area contributed by atoms with E-state index in [-0.39, 0.29) is 23.3 Å². The summed E-state index contributed by atoms with van der Waals surface area (Å²) < 4.78 is 27.1. The number of rotatable bonds is 4. The molecule has 0 atom stereocenters. The third-order valence-electron chi connectivity index (χ3n) is 6.34. The molecular weight excluding hydrogens is 460 g/mol. The van der Waals surface area contributed by atoms with Crippen molar-refractivity contribution in [1.82, 2.24) is 9.80 Å². The Kier molecular flexibility index (Phi) is 7.50. The first kappa shape index (κ1) is 24.2. The molecule has 2 aliphatic rings. The van der Waals surface area contributed by atoms with Crippen LogP contribution in [0, 0.1) is 24.5 Å². The normalized spacial score (nSPS) is 16.9. The molecule has 9 heteroatoms. The summed E-state index contributed by atoms with van der Waals surface area (Å²) in [6, 6.07) is 8.20. The maximum Gasteiger partial charge on any atom is 0.256 e. The van der Waals surface area contributed by atoms with Crippen molar-refractivity contribution in [2.24, 2.45) is 5.92 Å². The molecule has 0 aliphatic carbocycles. The number of carbonyl (C=O) groups excluding carboxylic acids is 3. The van der Waals surface area contributed by atoms with E-state index in [0.29, 0.717) is 43.2 Å². The first-order valence-electron chi connectivity index (χ1n) is 11.4. The zero-order valence-electron chi connectivity index (χ0n) is 19.0. The van der Waals surface area contributed by atoms with Crippen LogP contribution in [-0.2, 0) is 4.79 Å². The molecule has 34 heavy (non-hydrogen) atoms. The molecule has 0 saturated carbocycles. The number of nitrogens with zero attached hydrogens (tertiary/aromatic N) is 2. The molecular formula is C25H27F2N3O3S. The molecule has 0 bridgehead atoms. The van der Waals surface area contributed by atoms with E-state index < -0.39 is 17.5 Å². The van der Waals surface area contributed by atoms with Gasteiger partial charge in [0.2, 0.25) is 5.91 Å². The lowest BCUT2D eigenvalue weighted by Gasteiger charge is -2.31. The van der Waals surface area contributed by atoms with Gasteiger partial charge >= 0.3 is 0 Å². The first-order valence-corrected chi connectivity index (χ1v) is 12.5. The van der Waals surface area contributed by atoms with Gasteiger partial charge in [-0.3, -0.25) is 14.4 Å². The lowest BCUT2D eigenvalue weighted by atomic mass is 9.95. The predicted molar refractivity (Wildman–Crippen MR) is 128 cm³/mol. The minimum Gasteiger partial charge on any atom is -0.339 e. The second kappa shape index (κ2) is 10.5. The number of thioether (sulfide) groups is 1. The summed E-state index contributed by atoms with van der Waals surface area (Å²) in [4.78, 5) is 41.5. The number of anilines is 1. The van der Waals surface area contributed by atoms with Crippen molar-refractivity contribution in [3.8, 4) is 0 Å². The van der Waals surface area contributed by atoms with Crippen molar-refractivity contribution in [2.75, 3.05) is 43.0 Å². The van der Waals surface area contributed by atoms with Gasteiger partial charge in [-0.2, -0.15) is 11.8 Å². The second-order valence-corrected chi connectivity index (χ2v) is 9.84. The van der Waals surface area contributed by atoms with Gasteiger partial charge in [0.05, 0.1) is 5.56 Å². The SMILES string of the molecule is Cc1cc(C(=O)N2CCSCC2)ccc1NC(=O)C1CCN(C(=O)c2ccc(F)cc2F)CC1. The largest absolute Gasteiger partial charge is 0.339 e. The van der Waals surface area contributed by atoms with Crippen LogP contribution < -0.4 is 5.32 Å². The quantitative estimate of drug-likeness (QED) is 0.709. The van der Waals surface area contributed by atoms with Gasteiger partial charge in [-0.1, -0.05) is 0 Å². The van der Waals surface area contributed by atoms with Crippen molar-refractivity contribution < 1.29 is 23.2 Å². The molecule has 0 radical (unpaired) electrons. The molecule has 0 unspecified atom stereocenters. The fraction of sp³-hybridized carbons (Fsp3) is 0.400. The highest BCUT2D eigenvalue weighted by molar-refractivity contribution is 7.99. The van der Waals surface area contributed by atoms with E-state index in [4.69, 9.17) is 0 Å². The molecule has 2 saturated heterocycles. The minimum atomic E-state index is -0.888. The summed E-state index contributed by atoms with van der Waals surface area (Å²) in [5.74, 6) is -0.645. The first-order chi connectivity index (χ1) is 16.3. The van der Waals surface area contributed by atoms with Crippen LogP contribution in [0.25, 0.3) is 0 Å². The van der Waals surface area contributed by atoms with Crippen molar-refractivity contribution in [3.63, 3.8) is 0 Å². The van der Waals surface area contributed by atoms with Crippen LogP contribution in [-0.4, -0.2) is 65.2 Å². The van der Waals surface area contributed by atoms with Gasteiger partial charge < -0.3 is 15.1 Å². The van der Waals surface area contributed by atoms with Gasteiger partial charge in [-0.05, 0) is 55.7 Å². The zero-order valence-corrected chi connectivity index (χ0v) is 19.8. The van der Waals surface area contributed by atoms with E-state index in [2.05, 4.69) is 5.32 Å². The number of likely N-dealkylation sites (tertiary alicyclic amines) is 1. The highest BCUT2D eigenvalue weighted by Crippen LogP contribution is 2.24. The highest BCUT2D eigenvalue weighted by Gasteiger charge is 2.29. The maximum absolute atomic E-state index is 13.9. The standard InChI is InChI=1S/C25H27F2N3O3S/c1-16-14-18(24(32)30-10-12-34-13-11-30)2-5-22(16)28-23(31)17-6-8-29(9-7-17)25(33)20-4-3-19(26)15-21(20)27/h2-5,14-15,17H,6-13H2,1H3,(H,28,31). The van der Waals surface area contributed by atoms with Crippen LogP contribution in [0.5, 0.6) is 0 Å². The van der Waals surface area contributed by atoms with Crippen molar-refractivity contribution in [1.29, 1.82) is 0 Å². The number of halogens is 2. The molecule has 180 valence electrons. The fourth-order valence-corrected chi connectivity index (χ4v) is 5.20. The number of benzene rings is 2. The molecule has 3 amide bonds. The Morgan fingerprint density at radius 3 is 2.24 bits per heavy atom.